The van der Waals surface area contributed by atoms with Crippen LogP contribution in [0.4, 0.5) is 0 Å². The fraction of sp³-hybridized carbons (Fsp3) is 0.0204. The van der Waals surface area contributed by atoms with Gasteiger partial charge in [-0.2, -0.15) is 0 Å². The van der Waals surface area contributed by atoms with E-state index in [1.54, 1.807) is 0 Å². The van der Waals surface area contributed by atoms with Crippen molar-refractivity contribution in [1.29, 1.82) is 0 Å². The number of hydrogen-bond acceptors (Lipinski definition) is 4. The van der Waals surface area contributed by atoms with E-state index in [1.807, 2.05) is 97.6 Å². The summed E-state index contributed by atoms with van der Waals surface area (Å²) in [6.07, 6.45) is 8.53. The molecule has 7 heteroatoms. The molecule has 1 radical (unpaired) electrons. The number of furan rings is 2. The number of imidazole rings is 2. The van der Waals surface area contributed by atoms with Crippen LogP contribution < -0.4 is 0 Å². The molecule has 6 nitrogen and oxygen atoms in total. The van der Waals surface area contributed by atoms with Crippen molar-refractivity contribution in [2.45, 2.75) is 6.42 Å². The molecule has 0 aliphatic rings. The zero-order valence-corrected chi connectivity index (χ0v) is 32.4. The summed E-state index contributed by atoms with van der Waals surface area (Å²) >= 11 is 0. The molecule has 11 aromatic rings. The summed E-state index contributed by atoms with van der Waals surface area (Å²) in [5.41, 5.74) is 10.1. The molecular weight excluding hydrogens is 869 g/mol. The maximum Gasteiger partial charge on any atom is 0.120 e. The summed E-state index contributed by atoms with van der Waals surface area (Å²) < 4.78 is 16.0. The van der Waals surface area contributed by atoms with E-state index >= 15 is 0 Å². The number of hydrogen-bond donors (Lipinski definition) is 0. The Morgan fingerprint density at radius 1 is 0.446 bits per heavy atom. The molecule has 4 heterocycles. The molecular formula is C49H32IrN4O2-2. The van der Waals surface area contributed by atoms with Crippen LogP contribution in [0.5, 0.6) is 0 Å². The van der Waals surface area contributed by atoms with E-state index in [-0.39, 0.29) is 20.1 Å². The van der Waals surface area contributed by atoms with Gasteiger partial charge < -0.3 is 18.0 Å². The second-order valence-corrected chi connectivity index (χ2v) is 13.4. The minimum Gasteiger partial charge on any atom is -0.500 e. The molecule has 0 saturated carbocycles. The van der Waals surface area contributed by atoms with Crippen LogP contribution in [-0.4, -0.2) is 19.1 Å². The second kappa shape index (κ2) is 15.2. The van der Waals surface area contributed by atoms with Crippen LogP contribution in [0.2, 0.25) is 0 Å². The Bertz CT molecular complexity index is 3070. The molecule has 0 amide bonds. The standard InChI is InChI=1S/C28H19N2O.C21H13N2O.Ir/c1-2-6-20(7-3-1)18-21-10-13-23(14-11-21)30-17-16-29-28(30)22-12-15-27-25(19-22)24-8-4-5-9-26(24)31-27;1-2-6-16(7-3-1)23-13-12-22-21(23)15-10-11-20-18(14-15)17-8-4-5-9-19(17)24-20;/h1-11,13-17,19H,18H2;1-9,11-14H;/q2*-1;. The van der Waals surface area contributed by atoms with Crippen molar-refractivity contribution >= 4 is 43.9 Å². The minimum atomic E-state index is 0. The third-order valence-corrected chi connectivity index (χ3v) is 9.88. The van der Waals surface area contributed by atoms with Crippen molar-refractivity contribution in [3.8, 4) is 34.2 Å². The Morgan fingerprint density at radius 2 is 0.893 bits per heavy atom. The van der Waals surface area contributed by atoms with Gasteiger partial charge in [-0.05, 0) is 53.9 Å². The Labute approximate surface area is 336 Å². The van der Waals surface area contributed by atoms with Crippen LogP contribution >= 0.6 is 0 Å². The van der Waals surface area contributed by atoms with Gasteiger partial charge in [-0.25, -0.2) is 0 Å². The molecule has 0 fully saturated rings. The van der Waals surface area contributed by atoms with Crippen LogP contribution in [0.3, 0.4) is 0 Å². The monoisotopic (exact) mass is 901 g/mol. The number of aromatic nitrogens is 4. The molecule has 0 aliphatic carbocycles. The largest absolute Gasteiger partial charge is 0.500 e. The van der Waals surface area contributed by atoms with E-state index < -0.39 is 0 Å². The van der Waals surface area contributed by atoms with Gasteiger partial charge in [0.1, 0.15) is 11.2 Å². The molecule has 0 N–H and O–H groups in total. The Hall–Kier alpha value is -6.79. The maximum atomic E-state index is 5.94. The average Bonchev–Trinajstić information content (AvgIpc) is 4.07. The smallest absolute Gasteiger partial charge is 0.120 e. The van der Waals surface area contributed by atoms with Crippen molar-refractivity contribution < 1.29 is 28.9 Å². The van der Waals surface area contributed by atoms with Crippen LogP contribution in [-0.2, 0) is 26.5 Å². The van der Waals surface area contributed by atoms with Crippen molar-refractivity contribution in [1.82, 2.24) is 19.1 Å². The van der Waals surface area contributed by atoms with Gasteiger partial charge in [0.15, 0.2) is 0 Å². The molecule has 0 bridgehead atoms. The van der Waals surface area contributed by atoms with Crippen molar-refractivity contribution in [2.24, 2.45) is 0 Å². The number of nitrogens with zero attached hydrogens (tertiary/aromatic N) is 4. The predicted octanol–water partition coefficient (Wildman–Crippen LogP) is 12.1. The molecule has 11 rings (SSSR count). The summed E-state index contributed by atoms with van der Waals surface area (Å²) in [6.45, 7) is 0. The summed E-state index contributed by atoms with van der Waals surface area (Å²) in [6, 6.07) is 60.2. The first-order valence-electron chi connectivity index (χ1n) is 18.2. The Morgan fingerprint density at radius 3 is 1.43 bits per heavy atom. The van der Waals surface area contributed by atoms with Gasteiger partial charge in [-0.1, -0.05) is 108 Å². The van der Waals surface area contributed by atoms with Gasteiger partial charge in [0.25, 0.3) is 0 Å². The zero-order chi connectivity index (χ0) is 36.6. The quantitative estimate of drug-likeness (QED) is 0.156. The van der Waals surface area contributed by atoms with Gasteiger partial charge >= 0.3 is 0 Å². The molecule has 56 heavy (non-hydrogen) atoms. The van der Waals surface area contributed by atoms with Gasteiger partial charge in [-0.15, -0.1) is 47.5 Å². The van der Waals surface area contributed by atoms with E-state index in [0.29, 0.717) is 0 Å². The van der Waals surface area contributed by atoms with Crippen LogP contribution in [0.15, 0.2) is 191 Å². The van der Waals surface area contributed by atoms with Crippen molar-refractivity contribution in [3.63, 3.8) is 0 Å². The molecule has 0 unspecified atom stereocenters. The van der Waals surface area contributed by atoms with Crippen LogP contribution in [0.25, 0.3) is 78.0 Å². The zero-order valence-electron chi connectivity index (χ0n) is 30.0. The topological polar surface area (TPSA) is 61.9 Å². The van der Waals surface area contributed by atoms with Gasteiger partial charge in [0.05, 0.1) is 22.8 Å². The SMILES string of the molecule is [Ir].[c-]1cc2oc3ccccc3c2cc1-c1nccn1-c1ccc(Cc2ccccc2)cc1.[c-]1cc2oc3ccccc3c2cc1-c1nccn1-c1ccccc1. The van der Waals surface area contributed by atoms with Gasteiger partial charge in [-0.3, -0.25) is 9.97 Å². The third-order valence-electron chi connectivity index (χ3n) is 9.88. The Balaban J connectivity index is 0.000000148. The van der Waals surface area contributed by atoms with Crippen molar-refractivity contribution in [2.75, 3.05) is 0 Å². The van der Waals surface area contributed by atoms with Crippen LogP contribution in [0.1, 0.15) is 11.1 Å². The van der Waals surface area contributed by atoms with Crippen molar-refractivity contribution in [3.05, 3.63) is 206 Å². The molecule has 4 aromatic heterocycles. The summed E-state index contributed by atoms with van der Waals surface area (Å²) in [5.74, 6) is 1.73. The summed E-state index contributed by atoms with van der Waals surface area (Å²) in [4.78, 5) is 9.16. The first-order valence-corrected chi connectivity index (χ1v) is 18.2. The second-order valence-electron chi connectivity index (χ2n) is 13.4. The van der Waals surface area contributed by atoms with E-state index in [1.165, 1.54) is 11.1 Å². The summed E-state index contributed by atoms with van der Waals surface area (Å²) in [7, 11) is 0. The molecule has 0 spiro atoms. The summed E-state index contributed by atoms with van der Waals surface area (Å²) in [5, 5.41) is 4.38. The fourth-order valence-electron chi connectivity index (χ4n) is 7.21. The number of fused-ring (bicyclic) bond motifs is 6. The molecule has 0 aliphatic heterocycles. The molecule has 271 valence electrons. The van der Waals surface area contributed by atoms with Gasteiger partial charge in [0.2, 0.25) is 0 Å². The van der Waals surface area contributed by atoms with Gasteiger partial charge in [0, 0.05) is 67.0 Å². The van der Waals surface area contributed by atoms with Crippen LogP contribution in [0, 0.1) is 12.1 Å². The van der Waals surface area contributed by atoms with E-state index in [0.717, 1.165) is 84.4 Å². The van der Waals surface area contributed by atoms with E-state index in [4.69, 9.17) is 8.83 Å². The maximum absolute atomic E-state index is 5.94. The first-order chi connectivity index (χ1) is 27.2. The number of benzene rings is 7. The first kappa shape index (κ1) is 34.9. The van der Waals surface area contributed by atoms with E-state index in [9.17, 15) is 0 Å². The predicted molar refractivity (Wildman–Crippen MR) is 219 cm³/mol. The van der Waals surface area contributed by atoms with E-state index in [2.05, 4.69) is 116 Å². The third kappa shape index (κ3) is 6.64. The molecule has 0 saturated heterocycles. The normalized spacial score (nSPS) is 11.1. The molecule has 0 atom stereocenters. The number of rotatable bonds is 6. The average molecular weight is 901 g/mol. The Kier molecular flexibility index (Phi) is 9.45. The fourth-order valence-corrected chi connectivity index (χ4v) is 7.21. The molecule has 7 aromatic carbocycles. The number of para-hydroxylation sites is 3. The minimum absolute atomic E-state index is 0.